The molecule has 0 aromatic heterocycles. The van der Waals surface area contributed by atoms with E-state index in [1.165, 1.54) is 18.2 Å². The number of nitrogens with zero attached hydrogens (tertiary/aromatic N) is 2. The molecule has 0 saturated carbocycles. The molecule has 8 heteroatoms. The Balaban J connectivity index is 0.00000176. The van der Waals surface area contributed by atoms with Crippen LogP contribution in [0, 0.1) is 10.1 Å². The van der Waals surface area contributed by atoms with Crippen LogP contribution in [0.1, 0.15) is 29.6 Å². The average molecular weight is 346 g/mol. The van der Waals surface area contributed by atoms with Crippen molar-refractivity contribution in [3.05, 3.63) is 38.9 Å². The van der Waals surface area contributed by atoms with Crippen molar-refractivity contribution in [2.75, 3.05) is 13.1 Å². The molecule has 1 N–H and O–H groups in total. The minimum absolute atomic E-state index is 0. The number of carbonyl (C=O) groups excluding carboxylic acids is 1. The van der Waals surface area contributed by atoms with Gasteiger partial charge >= 0.3 is 0 Å². The van der Waals surface area contributed by atoms with Crippen LogP contribution in [0.2, 0.25) is 5.02 Å². The Morgan fingerprint density at radius 3 is 2.77 bits per heavy atom. The van der Waals surface area contributed by atoms with E-state index in [2.05, 4.69) is 5.32 Å². The molecule has 2 unspecified atom stereocenters. The SMILES string of the molecule is Cl.O=C(c1ccc(Cl)cc1[N+](=O)[O-])N1C2CCNCC1CC2. The first-order valence-corrected chi connectivity index (χ1v) is 7.43. The molecule has 2 fully saturated rings. The van der Waals surface area contributed by atoms with Gasteiger partial charge in [0.2, 0.25) is 0 Å². The maximum atomic E-state index is 12.8. The van der Waals surface area contributed by atoms with Gasteiger partial charge in [0.05, 0.1) is 4.92 Å². The predicted molar refractivity (Wildman–Crippen MR) is 85.8 cm³/mol. The summed E-state index contributed by atoms with van der Waals surface area (Å²) in [4.78, 5) is 25.3. The molecule has 0 radical (unpaired) electrons. The topological polar surface area (TPSA) is 75.5 Å². The molecule has 2 bridgehead atoms. The highest BCUT2D eigenvalue weighted by molar-refractivity contribution is 6.31. The van der Waals surface area contributed by atoms with Crippen molar-refractivity contribution in [3.63, 3.8) is 0 Å². The number of nitro benzene ring substituents is 1. The first-order chi connectivity index (χ1) is 10.1. The lowest BCUT2D eigenvalue weighted by molar-refractivity contribution is -0.385. The molecule has 0 aliphatic carbocycles. The highest BCUT2D eigenvalue weighted by Crippen LogP contribution is 2.32. The molecule has 2 atom stereocenters. The summed E-state index contributed by atoms with van der Waals surface area (Å²) in [6.45, 7) is 1.64. The number of nitrogens with one attached hydrogen (secondary N) is 1. The van der Waals surface area contributed by atoms with Gasteiger partial charge in [-0.15, -0.1) is 12.4 Å². The average Bonchev–Trinajstić information content (AvgIpc) is 2.71. The van der Waals surface area contributed by atoms with Crippen molar-refractivity contribution >= 4 is 35.6 Å². The third-order valence-electron chi connectivity index (χ3n) is 4.28. The molecule has 1 aromatic carbocycles. The highest BCUT2D eigenvalue weighted by atomic mass is 35.5. The van der Waals surface area contributed by atoms with Crippen molar-refractivity contribution < 1.29 is 9.72 Å². The number of hydrogen-bond acceptors (Lipinski definition) is 4. The van der Waals surface area contributed by atoms with Gasteiger partial charge < -0.3 is 10.2 Å². The van der Waals surface area contributed by atoms with Gasteiger partial charge in [0.1, 0.15) is 5.56 Å². The summed E-state index contributed by atoms with van der Waals surface area (Å²) in [7, 11) is 0. The van der Waals surface area contributed by atoms with Crippen molar-refractivity contribution in [2.45, 2.75) is 31.3 Å². The summed E-state index contributed by atoms with van der Waals surface area (Å²) in [5.74, 6) is -0.255. The van der Waals surface area contributed by atoms with E-state index in [-0.39, 0.29) is 46.7 Å². The summed E-state index contributed by atoms with van der Waals surface area (Å²) in [5.41, 5.74) is -0.0905. The van der Waals surface area contributed by atoms with Gasteiger partial charge in [0.15, 0.2) is 0 Å². The number of carbonyl (C=O) groups is 1. The fourth-order valence-electron chi connectivity index (χ4n) is 3.29. The lowest BCUT2D eigenvalue weighted by Crippen LogP contribution is -2.42. The molecule has 1 amide bonds. The number of rotatable bonds is 2. The second-order valence-corrected chi connectivity index (χ2v) is 5.95. The molecule has 2 heterocycles. The van der Waals surface area contributed by atoms with E-state index in [0.717, 1.165) is 32.4 Å². The van der Waals surface area contributed by atoms with E-state index in [0.29, 0.717) is 0 Å². The first kappa shape index (κ1) is 17.0. The molecule has 6 nitrogen and oxygen atoms in total. The Hall–Kier alpha value is -1.37. The number of halogens is 2. The van der Waals surface area contributed by atoms with Gasteiger partial charge in [-0.25, -0.2) is 0 Å². The summed E-state index contributed by atoms with van der Waals surface area (Å²) in [5, 5.41) is 14.7. The third kappa shape index (κ3) is 3.04. The van der Waals surface area contributed by atoms with Gasteiger partial charge in [-0.3, -0.25) is 14.9 Å². The fourth-order valence-corrected chi connectivity index (χ4v) is 3.46. The Morgan fingerprint density at radius 1 is 1.32 bits per heavy atom. The maximum absolute atomic E-state index is 12.8. The standard InChI is InChI=1S/C14H16ClN3O3.ClH/c15-9-1-4-12(13(7-9)18(20)21)14(19)17-10-2-3-11(17)8-16-6-5-10;/h1,4,7,10-11,16H,2-3,5-6,8H2;1H. The van der Waals surface area contributed by atoms with E-state index in [1.807, 2.05) is 4.90 Å². The number of nitro groups is 1. The fraction of sp³-hybridized carbons (Fsp3) is 0.500. The van der Waals surface area contributed by atoms with Crippen LogP contribution < -0.4 is 5.32 Å². The van der Waals surface area contributed by atoms with Crippen molar-refractivity contribution in [1.82, 2.24) is 10.2 Å². The molecular weight excluding hydrogens is 329 g/mol. The van der Waals surface area contributed by atoms with E-state index < -0.39 is 4.92 Å². The summed E-state index contributed by atoms with van der Waals surface area (Å²) < 4.78 is 0. The molecule has 2 saturated heterocycles. The second kappa shape index (κ2) is 6.81. The smallest absolute Gasteiger partial charge is 0.283 e. The third-order valence-corrected chi connectivity index (χ3v) is 4.51. The van der Waals surface area contributed by atoms with Crippen LogP contribution in [-0.4, -0.2) is 40.9 Å². The van der Waals surface area contributed by atoms with E-state index >= 15 is 0 Å². The minimum atomic E-state index is -0.545. The molecule has 1 aromatic rings. The van der Waals surface area contributed by atoms with Gasteiger partial charge in [0, 0.05) is 29.7 Å². The van der Waals surface area contributed by atoms with Crippen LogP contribution in [0.5, 0.6) is 0 Å². The first-order valence-electron chi connectivity index (χ1n) is 7.05. The Kier molecular flexibility index (Phi) is 5.26. The zero-order valence-corrected chi connectivity index (χ0v) is 13.4. The summed E-state index contributed by atoms with van der Waals surface area (Å²) in [6.07, 6.45) is 2.81. The minimum Gasteiger partial charge on any atom is -0.331 e. The van der Waals surface area contributed by atoms with Crippen LogP contribution in [0.25, 0.3) is 0 Å². The summed E-state index contributed by atoms with van der Waals surface area (Å²) in [6, 6.07) is 4.53. The summed E-state index contributed by atoms with van der Waals surface area (Å²) >= 11 is 5.81. The van der Waals surface area contributed by atoms with E-state index in [4.69, 9.17) is 11.6 Å². The lowest BCUT2D eigenvalue weighted by Gasteiger charge is -2.27. The predicted octanol–water partition coefficient (Wildman–Crippen LogP) is 2.64. The van der Waals surface area contributed by atoms with Crippen LogP contribution in [0.4, 0.5) is 5.69 Å². The normalized spacial score (nSPS) is 23.6. The van der Waals surface area contributed by atoms with Crippen molar-refractivity contribution in [3.8, 4) is 0 Å². The second-order valence-electron chi connectivity index (χ2n) is 5.51. The zero-order valence-electron chi connectivity index (χ0n) is 11.8. The molecular formula is C14H17Cl2N3O3. The largest absolute Gasteiger partial charge is 0.331 e. The van der Waals surface area contributed by atoms with E-state index in [9.17, 15) is 14.9 Å². The Labute approximate surface area is 139 Å². The number of amides is 1. The van der Waals surface area contributed by atoms with Crippen molar-refractivity contribution in [2.24, 2.45) is 0 Å². The lowest BCUT2D eigenvalue weighted by atomic mass is 10.1. The maximum Gasteiger partial charge on any atom is 0.283 e. The van der Waals surface area contributed by atoms with E-state index in [1.54, 1.807) is 0 Å². The molecule has 2 aliphatic heterocycles. The number of fused-ring (bicyclic) bond motifs is 2. The molecule has 22 heavy (non-hydrogen) atoms. The van der Waals surface area contributed by atoms with Gasteiger partial charge in [-0.05, 0) is 37.9 Å². The van der Waals surface area contributed by atoms with Gasteiger partial charge in [-0.2, -0.15) is 0 Å². The molecule has 2 aliphatic rings. The van der Waals surface area contributed by atoms with Crippen LogP contribution >= 0.6 is 24.0 Å². The molecule has 120 valence electrons. The van der Waals surface area contributed by atoms with Crippen LogP contribution in [0.15, 0.2) is 18.2 Å². The highest BCUT2D eigenvalue weighted by Gasteiger charge is 2.40. The zero-order chi connectivity index (χ0) is 15.0. The van der Waals surface area contributed by atoms with Crippen LogP contribution in [-0.2, 0) is 0 Å². The quantitative estimate of drug-likeness (QED) is 0.660. The van der Waals surface area contributed by atoms with Gasteiger partial charge in [0.25, 0.3) is 11.6 Å². The number of benzene rings is 1. The monoisotopic (exact) mass is 345 g/mol. The number of hydrogen-bond donors (Lipinski definition) is 1. The van der Waals surface area contributed by atoms with Crippen molar-refractivity contribution in [1.29, 1.82) is 0 Å². The Morgan fingerprint density at radius 2 is 2.05 bits per heavy atom. The Bertz CT molecular complexity index is 583. The molecule has 3 rings (SSSR count). The van der Waals surface area contributed by atoms with Crippen LogP contribution in [0.3, 0.4) is 0 Å². The molecule has 0 spiro atoms. The van der Waals surface area contributed by atoms with Gasteiger partial charge in [-0.1, -0.05) is 11.6 Å².